The molecule has 176 valence electrons. The van der Waals surface area contributed by atoms with Crippen LogP contribution in [0.4, 0.5) is 0 Å². The molecule has 2 heterocycles. The van der Waals surface area contributed by atoms with E-state index in [9.17, 15) is 25.2 Å². The van der Waals surface area contributed by atoms with Gasteiger partial charge < -0.3 is 43.8 Å². The van der Waals surface area contributed by atoms with E-state index in [-0.39, 0.29) is 28.0 Å². The molecule has 5 atom stereocenters. The largest absolute Gasteiger partial charge is 0.504 e. The second kappa shape index (κ2) is 8.91. The van der Waals surface area contributed by atoms with Gasteiger partial charge in [0.25, 0.3) is 0 Å². The fourth-order valence-corrected chi connectivity index (χ4v) is 3.72. The van der Waals surface area contributed by atoms with E-state index >= 15 is 0 Å². The number of rotatable bonds is 5. The van der Waals surface area contributed by atoms with Crippen molar-refractivity contribution in [2.24, 2.45) is 0 Å². The average molecular weight is 460 g/mol. The molecule has 33 heavy (non-hydrogen) atoms. The van der Waals surface area contributed by atoms with Crippen molar-refractivity contribution >= 4 is 11.0 Å². The monoisotopic (exact) mass is 460 g/mol. The van der Waals surface area contributed by atoms with Gasteiger partial charge in [-0.2, -0.15) is 0 Å². The first-order chi connectivity index (χ1) is 15.8. The van der Waals surface area contributed by atoms with E-state index in [4.69, 9.17) is 23.4 Å². The Hall–Kier alpha value is -3.31. The maximum atomic E-state index is 13.2. The molecule has 10 heteroatoms. The minimum atomic E-state index is -1.58. The Bertz CT molecular complexity index is 1200. The summed E-state index contributed by atoms with van der Waals surface area (Å²) in [5.41, 5.74) is 0.285. The molecule has 1 aromatic heterocycles. The molecule has 2 aromatic carbocycles. The molecule has 1 aliphatic rings. The Kier molecular flexibility index (Phi) is 6.17. The van der Waals surface area contributed by atoms with E-state index in [2.05, 4.69) is 0 Å². The molecule has 0 aliphatic carbocycles. The van der Waals surface area contributed by atoms with Gasteiger partial charge in [0.1, 0.15) is 41.3 Å². The Morgan fingerprint density at radius 1 is 0.970 bits per heavy atom. The normalized spacial score (nSPS) is 25.1. The van der Waals surface area contributed by atoms with Crippen LogP contribution in [0.15, 0.2) is 45.8 Å². The van der Waals surface area contributed by atoms with Crippen molar-refractivity contribution in [1.29, 1.82) is 0 Å². The van der Waals surface area contributed by atoms with Crippen LogP contribution in [0.3, 0.4) is 0 Å². The molecule has 0 spiro atoms. The number of hydrogen-bond acceptors (Lipinski definition) is 10. The molecule has 1 saturated heterocycles. The second-order valence-corrected chi connectivity index (χ2v) is 7.64. The van der Waals surface area contributed by atoms with Crippen LogP contribution in [-0.2, 0) is 4.74 Å². The summed E-state index contributed by atoms with van der Waals surface area (Å²) in [5, 5.41) is 40.8. The van der Waals surface area contributed by atoms with Crippen LogP contribution in [0.1, 0.15) is 6.92 Å². The maximum Gasteiger partial charge on any atom is 0.229 e. The molecule has 4 N–H and O–H groups in total. The maximum absolute atomic E-state index is 13.2. The van der Waals surface area contributed by atoms with Crippen molar-refractivity contribution in [3.63, 3.8) is 0 Å². The summed E-state index contributed by atoms with van der Waals surface area (Å²) in [5.74, 6) is -0.184. The van der Waals surface area contributed by atoms with Crippen LogP contribution in [0, 0.1) is 0 Å². The number of aliphatic hydroxyl groups excluding tert-OH is 3. The van der Waals surface area contributed by atoms with Crippen molar-refractivity contribution in [2.45, 2.75) is 37.6 Å². The minimum absolute atomic E-state index is 0.00416. The number of phenolic OH excluding ortho intramolecular Hbond substituents is 1. The summed E-state index contributed by atoms with van der Waals surface area (Å²) >= 11 is 0. The summed E-state index contributed by atoms with van der Waals surface area (Å²) in [7, 11) is 2.80. The number of fused-ring (bicyclic) bond motifs is 1. The van der Waals surface area contributed by atoms with Gasteiger partial charge in [-0.3, -0.25) is 4.79 Å². The highest BCUT2D eigenvalue weighted by molar-refractivity contribution is 5.91. The topological polar surface area (TPSA) is 148 Å². The quantitative estimate of drug-likeness (QED) is 0.440. The van der Waals surface area contributed by atoms with Crippen molar-refractivity contribution in [2.75, 3.05) is 14.2 Å². The lowest BCUT2D eigenvalue weighted by atomic mass is 10.00. The second-order valence-electron chi connectivity index (χ2n) is 7.64. The molecule has 1 fully saturated rings. The molecule has 0 amide bonds. The van der Waals surface area contributed by atoms with Crippen LogP contribution < -0.4 is 19.6 Å². The highest BCUT2D eigenvalue weighted by Crippen LogP contribution is 2.43. The van der Waals surface area contributed by atoms with E-state index < -0.39 is 41.9 Å². The molecule has 1 aliphatic heterocycles. The average Bonchev–Trinajstić information content (AvgIpc) is 2.81. The summed E-state index contributed by atoms with van der Waals surface area (Å²) in [4.78, 5) is 13.2. The zero-order chi connectivity index (χ0) is 23.9. The van der Waals surface area contributed by atoms with Crippen molar-refractivity contribution < 1.29 is 43.8 Å². The van der Waals surface area contributed by atoms with Gasteiger partial charge in [-0.05, 0) is 24.6 Å². The Balaban J connectivity index is 1.76. The number of benzene rings is 2. The SMILES string of the molecule is COc1ccc(-c2coc3cc(OC4OC(C)C(O)C(O)C4O)c(OC)c(O)c3c2=O)cc1. The Morgan fingerprint density at radius 2 is 1.67 bits per heavy atom. The van der Waals surface area contributed by atoms with Crippen molar-refractivity contribution in [3.05, 3.63) is 46.8 Å². The van der Waals surface area contributed by atoms with Gasteiger partial charge in [0.2, 0.25) is 17.5 Å². The lowest BCUT2D eigenvalue weighted by Crippen LogP contribution is -2.58. The van der Waals surface area contributed by atoms with Gasteiger partial charge in [-0.1, -0.05) is 12.1 Å². The number of phenols is 1. The van der Waals surface area contributed by atoms with E-state index in [0.717, 1.165) is 0 Å². The molecule has 0 radical (unpaired) electrons. The zero-order valence-corrected chi connectivity index (χ0v) is 18.1. The lowest BCUT2D eigenvalue weighted by molar-refractivity contribution is -0.268. The Labute approximate surface area is 188 Å². The van der Waals surface area contributed by atoms with Gasteiger partial charge in [0, 0.05) is 6.07 Å². The number of methoxy groups -OCH3 is 2. The number of aromatic hydroxyl groups is 1. The fourth-order valence-electron chi connectivity index (χ4n) is 3.72. The van der Waals surface area contributed by atoms with Crippen molar-refractivity contribution in [3.8, 4) is 34.1 Å². The van der Waals surface area contributed by atoms with E-state index in [1.165, 1.54) is 33.5 Å². The molecule has 0 saturated carbocycles. The molecule has 4 rings (SSSR count). The van der Waals surface area contributed by atoms with Gasteiger partial charge >= 0.3 is 0 Å². The standard InChI is InChI=1S/C23H24O10/c1-10-17(24)20(27)21(28)23(32-10)33-15-8-14-16(19(26)22(15)30-3)18(25)13(9-31-14)11-4-6-12(29-2)7-5-11/h4-10,17,20-21,23-24,26-28H,1-3H3. The summed E-state index contributed by atoms with van der Waals surface area (Å²) in [6.07, 6.45) is -5.35. The number of aliphatic hydroxyl groups is 3. The predicted molar refractivity (Wildman–Crippen MR) is 116 cm³/mol. The third kappa shape index (κ3) is 3.98. The third-order valence-electron chi connectivity index (χ3n) is 5.62. The molecular weight excluding hydrogens is 436 g/mol. The Morgan fingerprint density at radius 3 is 2.30 bits per heavy atom. The van der Waals surface area contributed by atoms with E-state index in [1.807, 2.05) is 0 Å². The van der Waals surface area contributed by atoms with E-state index in [1.54, 1.807) is 24.3 Å². The summed E-state index contributed by atoms with van der Waals surface area (Å²) < 4.78 is 27.1. The van der Waals surface area contributed by atoms with Gasteiger partial charge in [-0.25, -0.2) is 0 Å². The van der Waals surface area contributed by atoms with Crippen molar-refractivity contribution in [1.82, 2.24) is 0 Å². The molecule has 10 nitrogen and oxygen atoms in total. The zero-order valence-electron chi connectivity index (χ0n) is 18.1. The first kappa shape index (κ1) is 22.9. The number of ether oxygens (including phenoxy) is 4. The van der Waals surface area contributed by atoms with Crippen LogP contribution in [-0.4, -0.2) is 65.4 Å². The van der Waals surface area contributed by atoms with Gasteiger partial charge in [-0.15, -0.1) is 0 Å². The molecule has 3 aromatic rings. The smallest absolute Gasteiger partial charge is 0.229 e. The lowest BCUT2D eigenvalue weighted by Gasteiger charge is -2.39. The number of hydrogen-bond donors (Lipinski definition) is 4. The fraction of sp³-hybridized carbons (Fsp3) is 0.348. The summed E-state index contributed by atoms with van der Waals surface area (Å²) in [6.45, 7) is 1.50. The highest BCUT2D eigenvalue weighted by atomic mass is 16.7. The van der Waals surface area contributed by atoms with Crippen LogP contribution >= 0.6 is 0 Å². The predicted octanol–water partition coefficient (Wildman–Crippen LogP) is 1.39. The van der Waals surface area contributed by atoms with Crippen LogP contribution in [0.2, 0.25) is 0 Å². The van der Waals surface area contributed by atoms with E-state index in [0.29, 0.717) is 11.3 Å². The first-order valence-electron chi connectivity index (χ1n) is 10.1. The minimum Gasteiger partial charge on any atom is -0.504 e. The highest BCUT2D eigenvalue weighted by Gasteiger charge is 2.43. The third-order valence-corrected chi connectivity index (χ3v) is 5.62. The molecular formula is C23H24O10. The molecule has 5 unspecified atom stereocenters. The van der Waals surface area contributed by atoms with Crippen LogP contribution in [0.5, 0.6) is 23.0 Å². The van der Waals surface area contributed by atoms with Gasteiger partial charge in [0.05, 0.1) is 25.9 Å². The summed E-state index contributed by atoms with van der Waals surface area (Å²) in [6, 6.07) is 8.07. The molecule has 0 bridgehead atoms. The van der Waals surface area contributed by atoms with Gasteiger partial charge in [0.15, 0.2) is 11.5 Å². The van der Waals surface area contributed by atoms with Crippen LogP contribution in [0.25, 0.3) is 22.1 Å². The first-order valence-corrected chi connectivity index (χ1v) is 10.1.